The lowest BCUT2D eigenvalue weighted by Gasteiger charge is -2.29. The zero-order chi connectivity index (χ0) is 17.3. The van der Waals surface area contributed by atoms with E-state index in [4.69, 9.17) is 5.73 Å². The van der Waals surface area contributed by atoms with Gasteiger partial charge in [-0.2, -0.15) is 0 Å². The molecule has 3 N–H and O–H groups in total. The first-order chi connectivity index (χ1) is 11.4. The van der Waals surface area contributed by atoms with E-state index in [1.165, 1.54) is 17.4 Å². The van der Waals surface area contributed by atoms with E-state index in [2.05, 4.69) is 17.2 Å². The van der Waals surface area contributed by atoms with Crippen LogP contribution in [0.2, 0.25) is 0 Å². The Balaban J connectivity index is 1.76. The molecule has 7 heteroatoms. The highest BCUT2D eigenvalue weighted by molar-refractivity contribution is 7.15. The molecule has 0 saturated carbocycles. The number of piperidine rings is 1. The predicted molar refractivity (Wildman–Crippen MR) is 95.2 cm³/mol. The molecular formula is C17H21FN4OS. The number of carbonyl (C=O) groups excluding carboxylic acids is 1. The van der Waals surface area contributed by atoms with Crippen molar-refractivity contribution in [2.75, 3.05) is 24.1 Å². The summed E-state index contributed by atoms with van der Waals surface area (Å²) in [7, 11) is 0. The minimum Gasteiger partial charge on any atom is -0.399 e. The Morgan fingerprint density at radius 3 is 2.79 bits per heavy atom. The summed E-state index contributed by atoms with van der Waals surface area (Å²) in [5.41, 5.74) is 6.66. The number of hydrogen-bond donors (Lipinski definition) is 2. The average Bonchev–Trinajstić information content (AvgIpc) is 2.91. The molecule has 1 amide bonds. The molecule has 5 nitrogen and oxygen atoms in total. The topological polar surface area (TPSA) is 71.2 Å². The van der Waals surface area contributed by atoms with Crippen molar-refractivity contribution in [3.05, 3.63) is 34.6 Å². The fourth-order valence-electron chi connectivity index (χ4n) is 2.76. The first-order valence-electron chi connectivity index (χ1n) is 8.03. The van der Waals surface area contributed by atoms with E-state index in [-0.39, 0.29) is 5.91 Å². The molecule has 128 valence electrons. The molecule has 24 heavy (non-hydrogen) atoms. The highest BCUT2D eigenvalue weighted by Gasteiger charge is 2.25. The third kappa shape index (κ3) is 3.51. The van der Waals surface area contributed by atoms with Crippen molar-refractivity contribution in [3.63, 3.8) is 0 Å². The van der Waals surface area contributed by atoms with Gasteiger partial charge in [0, 0.05) is 23.7 Å². The molecule has 0 spiro atoms. The van der Waals surface area contributed by atoms with Crippen LogP contribution in [-0.2, 0) is 0 Å². The van der Waals surface area contributed by atoms with Crippen molar-refractivity contribution in [2.45, 2.75) is 26.7 Å². The summed E-state index contributed by atoms with van der Waals surface area (Å²) >= 11 is 1.35. The normalized spacial score (nSPS) is 15.5. The van der Waals surface area contributed by atoms with Crippen molar-refractivity contribution < 1.29 is 9.18 Å². The number of thiazole rings is 1. The van der Waals surface area contributed by atoms with E-state index >= 15 is 0 Å². The van der Waals surface area contributed by atoms with Crippen LogP contribution in [0.4, 0.5) is 20.9 Å². The number of amides is 1. The van der Waals surface area contributed by atoms with E-state index in [1.807, 2.05) is 11.8 Å². The highest BCUT2D eigenvalue weighted by atomic mass is 32.1. The third-order valence-electron chi connectivity index (χ3n) is 4.30. The number of nitrogens with two attached hydrogens (primary N) is 1. The zero-order valence-corrected chi connectivity index (χ0v) is 14.6. The smallest absolute Gasteiger partial charge is 0.273 e. The van der Waals surface area contributed by atoms with Crippen molar-refractivity contribution in [1.82, 2.24) is 9.88 Å². The summed E-state index contributed by atoms with van der Waals surface area (Å²) in [4.78, 5) is 19.7. The average molecular weight is 348 g/mol. The van der Waals surface area contributed by atoms with Gasteiger partial charge >= 0.3 is 0 Å². The van der Waals surface area contributed by atoms with Gasteiger partial charge in [0.05, 0.1) is 5.69 Å². The van der Waals surface area contributed by atoms with E-state index in [1.54, 1.807) is 12.1 Å². The van der Waals surface area contributed by atoms with Crippen LogP contribution in [0.3, 0.4) is 0 Å². The Hall–Kier alpha value is -2.15. The van der Waals surface area contributed by atoms with Crippen LogP contribution in [0.1, 0.15) is 35.1 Å². The monoisotopic (exact) mass is 348 g/mol. The highest BCUT2D eigenvalue weighted by Crippen LogP contribution is 2.29. The molecule has 1 saturated heterocycles. The van der Waals surface area contributed by atoms with Crippen LogP contribution < -0.4 is 11.1 Å². The minimum atomic E-state index is -0.444. The molecule has 0 atom stereocenters. The predicted octanol–water partition coefficient (Wildman–Crippen LogP) is 3.79. The van der Waals surface area contributed by atoms with E-state index in [0.29, 0.717) is 28.1 Å². The summed E-state index contributed by atoms with van der Waals surface area (Å²) in [5.74, 6) is 0.179. The maximum absolute atomic E-state index is 13.9. The summed E-state index contributed by atoms with van der Waals surface area (Å²) in [5, 5.41) is 3.44. The van der Waals surface area contributed by atoms with Crippen LogP contribution >= 0.6 is 11.3 Å². The number of nitrogen functional groups attached to an aromatic ring is 1. The molecule has 0 bridgehead atoms. The fraction of sp³-hybridized carbons (Fsp3) is 0.412. The standard InChI is InChI=1S/C17H21FN4OS/c1-10-5-7-22(8-6-10)16(23)15-11(2)24-17(21-15)20-14-4-3-12(19)9-13(14)18/h3-4,9-10H,5-8,19H2,1-2H3,(H,20,21). The summed E-state index contributed by atoms with van der Waals surface area (Å²) in [6.07, 6.45) is 2.05. The number of halogens is 1. The lowest BCUT2D eigenvalue weighted by Crippen LogP contribution is -2.38. The second-order valence-electron chi connectivity index (χ2n) is 6.26. The Labute approximate surface area is 144 Å². The molecule has 1 aromatic carbocycles. The van der Waals surface area contributed by atoms with Crippen molar-refractivity contribution >= 4 is 33.8 Å². The number of rotatable bonds is 3. The maximum Gasteiger partial charge on any atom is 0.273 e. The third-order valence-corrected chi connectivity index (χ3v) is 5.19. The molecular weight excluding hydrogens is 327 g/mol. The molecule has 2 aromatic rings. The number of likely N-dealkylation sites (tertiary alicyclic amines) is 1. The Bertz CT molecular complexity index is 753. The van der Waals surface area contributed by atoms with Gasteiger partial charge in [-0.25, -0.2) is 9.37 Å². The van der Waals surface area contributed by atoms with Gasteiger partial charge in [0.2, 0.25) is 0 Å². The Kier molecular flexibility index (Phi) is 4.71. The van der Waals surface area contributed by atoms with Crippen LogP contribution in [0.15, 0.2) is 18.2 Å². The molecule has 0 aliphatic carbocycles. The SMILES string of the molecule is Cc1sc(Nc2ccc(N)cc2F)nc1C(=O)N1CCC(C)CC1. The van der Waals surface area contributed by atoms with Crippen LogP contribution in [0.25, 0.3) is 0 Å². The first kappa shape index (κ1) is 16.7. The molecule has 0 radical (unpaired) electrons. The van der Waals surface area contributed by atoms with Crippen LogP contribution in [-0.4, -0.2) is 28.9 Å². The van der Waals surface area contributed by atoms with Crippen LogP contribution in [0.5, 0.6) is 0 Å². The van der Waals surface area contributed by atoms with Gasteiger partial charge in [-0.05, 0) is 43.9 Å². The van der Waals surface area contributed by atoms with Gasteiger partial charge in [0.25, 0.3) is 5.91 Å². The number of nitrogens with one attached hydrogen (secondary N) is 1. The lowest BCUT2D eigenvalue weighted by atomic mass is 9.99. The molecule has 2 heterocycles. The Morgan fingerprint density at radius 2 is 2.12 bits per heavy atom. The number of benzene rings is 1. The number of carbonyl (C=O) groups is 1. The van der Waals surface area contributed by atoms with Gasteiger partial charge in [0.15, 0.2) is 5.13 Å². The maximum atomic E-state index is 13.9. The second kappa shape index (κ2) is 6.76. The van der Waals surface area contributed by atoms with E-state index < -0.39 is 5.82 Å². The molecule has 0 unspecified atom stereocenters. The van der Waals surface area contributed by atoms with E-state index in [9.17, 15) is 9.18 Å². The number of aromatic nitrogens is 1. The molecule has 1 aromatic heterocycles. The molecule has 1 aliphatic rings. The number of nitrogens with zero attached hydrogens (tertiary/aromatic N) is 2. The number of aryl methyl sites for hydroxylation is 1. The minimum absolute atomic E-state index is 0.0403. The summed E-state index contributed by atoms with van der Waals surface area (Å²) < 4.78 is 13.9. The van der Waals surface area contributed by atoms with Crippen molar-refractivity contribution in [1.29, 1.82) is 0 Å². The zero-order valence-electron chi connectivity index (χ0n) is 13.8. The van der Waals surface area contributed by atoms with Gasteiger partial charge in [-0.15, -0.1) is 11.3 Å². The lowest BCUT2D eigenvalue weighted by molar-refractivity contribution is 0.0691. The summed E-state index contributed by atoms with van der Waals surface area (Å²) in [6, 6.07) is 4.44. The van der Waals surface area contributed by atoms with Gasteiger partial charge in [0.1, 0.15) is 11.5 Å². The summed E-state index contributed by atoms with van der Waals surface area (Å²) in [6.45, 7) is 5.61. The van der Waals surface area contributed by atoms with Crippen molar-refractivity contribution in [2.24, 2.45) is 5.92 Å². The number of hydrogen-bond acceptors (Lipinski definition) is 5. The van der Waals surface area contributed by atoms with E-state index in [0.717, 1.165) is 30.8 Å². The van der Waals surface area contributed by atoms with Gasteiger partial charge < -0.3 is 16.0 Å². The second-order valence-corrected chi connectivity index (χ2v) is 7.47. The quantitative estimate of drug-likeness (QED) is 0.828. The molecule has 1 aliphatic heterocycles. The Morgan fingerprint density at radius 1 is 1.42 bits per heavy atom. The molecule has 1 fully saturated rings. The fourth-order valence-corrected chi connectivity index (χ4v) is 3.58. The number of anilines is 3. The van der Waals surface area contributed by atoms with Gasteiger partial charge in [-0.3, -0.25) is 4.79 Å². The first-order valence-corrected chi connectivity index (χ1v) is 8.84. The van der Waals surface area contributed by atoms with Gasteiger partial charge in [-0.1, -0.05) is 6.92 Å². The largest absolute Gasteiger partial charge is 0.399 e. The van der Waals surface area contributed by atoms with Crippen LogP contribution in [0, 0.1) is 18.7 Å². The van der Waals surface area contributed by atoms with Crippen molar-refractivity contribution in [3.8, 4) is 0 Å². The molecule has 3 rings (SSSR count).